The Morgan fingerprint density at radius 2 is 2.03 bits per heavy atom. The van der Waals surface area contributed by atoms with E-state index in [1.807, 2.05) is 28.8 Å². The Hall–Kier alpha value is -3.26. The van der Waals surface area contributed by atoms with E-state index in [0.29, 0.717) is 29.6 Å². The number of benzene rings is 1. The molecule has 0 bridgehead atoms. The summed E-state index contributed by atoms with van der Waals surface area (Å²) in [7, 11) is 0. The first-order valence-electron chi connectivity index (χ1n) is 9.16. The maximum atomic E-state index is 12.7. The van der Waals surface area contributed by atoms with Crippen LogP contribution in [0.2, 0.25) is 0 Å². The fourth-order valence-corrected chi connectivity index (χ4v) is 4.17. The van der Waals surface area contributed by atoms with Crippen LogP contribution < -0.4 is 4.90 Å². The zero-order valence-electron chi connectivity index (χ0n) is 15.7. The van der Waals surface area contributed by atoms with Crippen molar-refractivity contribution in [2.75, 3.05) is 17.2 Å². The summed E-state index contributed by atoms with van der Waals surface area (Å²) in [5.74, 6) is 0.983. The number of anilines is 1. The van der Waals surface area contributed by atoms with Gasteiger partial charge in [-0.05, 0) is 42.3 Å². The van der Waals surface area contributed by atoms with Crippen molar-refractivity contribution in [3.8, 4) is 11.4 Å². The first-order chi connectivity index (χ1) is 14.2. The van der Waals surface area contributed by atoms with Gasteiger partial charge in [0.1, 0.15) is 0 Å². The average Bonchev–Trinajstić information content (AvgIpc) is 3.36. The highest BCUT2D eigenvalue weighted by Crippen LogP contribution is 2.29. The lowest BCUT2D eigenvalue weighted by atomic mass is 10.1. The Labute approximate surface area is 172 Å². The molecular formula is C21H19N5O2S. The lowest BCUT2D eigenvalue weighted by Gasteiger charge is -2.10. The fourth-order valence-electron chi connectivity index (χ4n) is 3.33. The Morgan fingerprint density at radius 1 is 1.21 bits per heavy atom. The Bertz CT molecular complexity index is 1060. The van der Waals surface area contributed by atoms with E-state index in [2.05, 4.69) is 21.8 Å². The van der Waals surface area contributed by atoms with Crippen LogP contribution in [0.1, 0.15) is 15.9 Å². The highest BCUT2D eigenvalue weighted by atomic mass is 32.2. The van der Waals surface area contributed by atoms with Gasteiger partial charge in [0.2, 0.25) is 6.41 Å². The molecule has 146 valence electrons. The van der Waals surface area contributed by atoms with Crippen LogP contribution in [-0.2, 0) is 17.8 Å². The lowest BCUT2D eigenvalue weighted by Crippen LogP contribution is -2.17. The summed E-state index contributed by atoms with van der Waals surface area (Å²) in [4.78, 5) is 29.5. The molecule has 7 nitrogen and oxygen atoms in total. The fraction of sp³-hybridized carbons (Fsp3) is 0.190. The summed E-state index contributed by atoms with van der Waals surface area (Å²) < 4.78 is 1.94. The molecule has 29 heavy (non-hydrogen) atoms. The largest absolute Gasteiger partial charge is 0.314 e. The molecule has 0 radical (unpaired) electrons. The summed E-state index contributed by atoms with van der Waals surface area (Å²) in [5.41, 5.74) is 3.47. The molecule has 0 atom stereocenters. The van der Waals surface area contributed by atoms with Gasteiger partial charge in [0.25, 0.3) is 0 Å². The molecule has 0 saturated heterocycles. The van der Waals surface area contributed by atoms with E-state index in [1.54, 1.807) is 29.4 Å². The molecule has 0 aliphatic carbocycles. The number of amides is 1. The van der Waals surface area contributed by atoms with Gasteiger partial charge in [-0.15, -0.1) is 16.8 Å². The lowest BCUT2D eigenvalue weighted by molar-refractivity contribution is -0.107. The zero-order chi connectivity index (χ0) is 20.2. The van der Waals surface area contributed by atoms with E-state index < -0.39 is 0 Å². The number of ketones is 1. The smallest absolute Gasteiger partial charge is 0.214 e. The SMILES string of the molecule is C=CCn1c(SCC(=O)c2ccc3c(c2)CCN3C=O)nnc1-c1ccncc1. The van der Waals surface area contributed by atoms with Gasteiger partial charge in [-0.3, -0.25) is 19.1 Å². The van der Waals surface area contributed by atoms with Crippen molar-refractivity contribution in [1.29, 1.82) is 0 Å². The van der Waals surface area contributed by atoms with Gasteiger partial charge in [0.15, 0.2) is 16.8 Å². The molecule has 2 aromatic heterocycles. The second-order valence-electron chi connectivity index (χ2n) is 6.55. The van der Waals surface area contributed by atoms with E-state index in [-0.39, 0.29) is 11.5 Å². The predicted molar refractivity (Wildman–Crippen MR) is 112 cm³/mol. The maximum Gasteiger partial charge on any atom is 0.214 e. The number of thioether (sulfide) groups is 1. The minimum atomic E-state index is 0.0148. The quantitative estimate of drug-likeness (QED) is 0.248. The van der Waals surface area contributed by atoms with E-state index in [1.165, 1.54) is 11.8 Å². The molecule has 1 aliphatic heterocycles. The maximum absolute atomic E-state index is 12.7. The van der Waals surface area contributed by atoms with Crippen molar-refractivity contribution in [2.45, 2.75) is 18.1 Å². The topological polar surface area (TPSA) is 81.0 Å². The number of hydrogen-bond acceptors (Lipinski definition) is 6. The number of rotatable bonds is 8. The monoisotopic (exact) mass is 405 g/mol. The summed E-state index contributed by atoms with van der Waals surface area (Å²) in [6.45, 7) is 5.01. The van der Waals surface area contributed by atoms with Gasteiger partial charge < -0.3 is 4.90 Å². The summed E-state index contributed by atoms with van der Waals surface area (Å²) in [6.07, 6.45) is 6.79. The molecule has 0 fully saturated rings. The highest BCUT2D eigenvalue weighted by molar-refractivity contribution is 7.99. The third-order valence-corrected chi connectivity index (χ3v) is 5.73. The summed E-state index contributed by atoms with van der Waals surface area (Å²) in [5, 5.41) is 9.22. The Balaban J connectivity index is 1.51. The van der Waals surface area contributed by atoms with Crippen LogP contribution in [0.15, 0.2) is 60.5 Å². The highest BCUT2D eigenvalue weighted by Gasteiger charge is 2.21. The van der Waals surface area contributed by atoms with E-state index in [0.717, 1.165) is 29.6 Å². The van der Waals surface area contributed by atoms with Crippen molar-refractivity contribution in [3.63, 3.8) is 0 Å². The van der Waals surface area contributed by atoms with Crippen LogP contribution in [-0.4, -0.2) is 44.2 Å². The zero-order valence-corrected chi connectivity index (χ0v) is 16.5. The van der Waals surface area contributed by atoms with E-state index in [9.17, 15) is 9.59 Å². The number of carbonyl (C=O) groups is 2. The normalized spacial score (nSPS) is 12.6. The number of nitrogens with zero attached hydrogens (tertiary/aromatic N) is 5. The number of aromatic nitrogens is 4. The predicted octanol–water partition coefficient (Wildman–Crippen LogP) is 3.02. The van der Waals surface area contributed by atoms with Gasteiger partial charge in [0.05, 0.1) is 5.75 Å². The standard InChI is InChI=1S/C21H19N5O2S/c1-2-10-26-20(15-5-8-22-9-6-15)23-24-21(26)29-13-19(28)17-3-4-18-16(12-17)7-11-25(18)14-27/h2-6,8-9,12,14H,1,7,10-11,13H2. The summed E-state index contributed by atoms with van der Waals surface area (Å²) in [6, 6.07) is 9.25. The molecule has 0 N–H and O–H groups in total. The van der Waals surface area contributed by atoms with Crippen molar-refractivity contribution >= 4 is 29.6 Å². The number of fused-ring (bicyclic) bond motifs is 1. The molecule has 3 heterocycles. The number of allylic oxidation sites excluding steroid dienone is 1. The second kappa shape index (κ2) is 8.40. The molecule has 1 aromatic carbocycles. The molecular weight excluding hydrogens is 386 g/mol. The van der Waals surface area contributed by atoms with Crippen molar-refractivity contribution in [2.24, 2.45) is 0 Å². The molecule has 0 saturated carbocycles. The van der Waals surface area contributed by atoms with Gasteiger partial charge >= 0.3 is 0 Å². The molecule has 0 spiro atoms. The van der Waals surface area contributed by atoms with Gasteiger partial charge in [0, 0.05) is 42.3 Å². The molecule has 1 amide bonds. The van der Waals surface area contributed by atoms with Crippen LogP contribution in [0.3, 0.4) is 0 Å². The van der Waals surface area contributed by atoms with Crippen molar-refractivity contribution in [3.05, 3.63) is 66.5 Å². The van der Waals surface area contributed by atoms with Crippen LogP contribution >= 0.6 is 11.8 Å². The number of carbonyl (C=O) groups excluding carboxylic acids is 2. The van der Waals surface area contributed by atoms with Crippen LogP contribution in [0.4, 0.5) is 5.69 Å². The molecule has 1 aliphatic rings. The average molecular weight is 405 g/mol. The number of pyridine rings is 1. The van der Waals surface area contributed by atoms with Crippen molar-refractivity contribution in [1.82, 2.24) is 19.7 Å². The van der Waals surface area contributed by atoms with Crippen LogP contribution in [0, 0.1) is 0 Å². The van der Waals surface area contributed by atoms with Crippen LogP contribution in [0.5, 0.6) is 0 Å². The van der Waals surface area contributed by atoms with Gasteiger partial charge in [-0.1, -0.05) is 17.8 Å². The van der Waals surface area contributed by atoms with Gasteiger partial charge in [-0.2, -0.15) is 0 Å². The third-order valence-electron chi connectivity index (χ3n) is 4.76. The second-order valence-corrected chi connectivity index (χ2v) is 7.49. The molecule has 3 aromatic rings. The number of Topliss-reactive ketones (excluding diaryl/α,β-unsaturated/α-hetero) is 1. The third kappa shape index (κ3) is 3.84. The Kier molecular flexibility index (Phi) is 5.53. The minimum Gasteiger partial charge on any atom is -0.314 e. The minimum absolute atomic E-state index is 0.0148. The Morgan fingerprint density at radius 3 is 2.79 bits per heavy atom. The van der Waals surface area contributed by atoms with Crippen LogP contribution in [0.25, 0.3) is 11.4 Å². The molecule has 0 unspecified atom stereocenters. The first kappa shape index (κ1) is 19.1. The first-order valence-corrected chi connectivity index (χ1v) is 10.1. The van der Waals surface area contributed by atoms with E-state index in [4.69, 9.17) is 0 Å². The summed E-state index contributed by atoms with van der Waals surface area (Å²) >= 11 is 1.35. The van der Waals surface area contributed by atoms with Crippen molar-refractivity contribution < 1.29 is 9.59 Å². The number of hydrogen-bond donors (Lipinski definition) is 0. The van der Waals surface area contributed by atoms with Gasteiger partial charge in [-0.25, -0.2) is 0 Å². The molecule has 8 heteroatoms. The molecule has 4 rings (SSSR count). The van der Waals surface area contributed by atoms with E-state index >= 15 is 0 Å².